The number of nitrogens with zero attached hydrogens (tertiary/aromatic N) is 5. The molecule has 0 bridgehead atoms. The molecule has 5 rings (SSSR count). The summed E-state index contributed by atoms with van der Waals surface area (Å²) < 4.78 is 1.84. The topological polar surface area (TPSA) is 54.3 Å². The summed E-state index contributed by atoms with van der Waals surface area (Å²) in [6, 6.07) is 2.09. The largest absolute Gasteiger partial charge is 0.330 e. The maximum atomic E-state index is 14.0. The molecule has 28 heavy (non-hydrogen) atoms. The van der Waals surface area contributed by atoms with E-state index in [1.807, 2.05) is 18.7 Å². The number of likely N-dealkylation sites (N-methyl/N-ethyl adjacent to an activating group) is 1. The van der Waals surface area contributed by atoms with Crippen molar-refractivity contribution in [2.75, 3.05) is 26.7 Å². The molecule has 0 atom stereocenters. The fourth-order valence-electron chi connectivity index (χ4n) is 5.50. The van der Waals surface area contributed by atoms with Crippen molar-refractivity contribution >= 4 is 16.9 Å². The summed E-state index contributed by atoms with van der Waals surface area (Å²) in [5.74, 6) is 0.711. The molecule has 2 aliphatic carbocycles. The highest BCUT2D eigenvalue weighted by Gasteiger charge is 2.44. The van der Waals surface area contributed by atoms with Crippen molar-refractivity contribution in [2.45, 2.75) is 63.3 Å². The molecule has 0 N–H and O–H groups in total. The quantitative estimate of drug-likeness (QED) is 0.801. The standard InChI is InChI=1S/C22H31N5O/c1-15-19-17(13-18(16-7-8-16)23-20(19)26(3)24-15)21(28)27-12-11-25(2)14-22(27)9-5-4-6-10-22/h13,16H,4-12,14H2,1-3H3. The van der Waals surface area contributed by atoms with Crippen molar-refractivity contribution in [3.63, 3.8) is 0 Å². The van der Waals surface area contributed by atoms with Crippen LogP contribution in [0.25, 0.3) is 11.0 Å². The van der Waals surface area contributed by atoms with Gasteiger partial charge in [0.25, 0.3) is 5.91 Å². The van der Waals surface area contributed by atoms with Gasteiger partial charge in [-0.05, 0) is 45.7 Å². The molecule has 1 amide bonds. The van der Waals surface area contributed by atoms with E-state index < -0.39 is 0 Å². The van der Waals surface area contributed by atoms with Crippen LogP contribution in [-0.4, -0.2) is 62.7 Å². The second-order valence-corrected chi connectivity index (χ2v) is 9.26. The van der Waals surface area contributed by atoms with Crippen LogP contribution in [0.1, 0.15) is 72.6 Å². The van der Waals surface area contributed by atoms with Crippen LogP contribution in [0.2, 0.25) is 0 Å². The molecule has 3 heterocycles. The van der Waals surface area contributed by atoms with Crippen molar-refractivity contribution < 1.29 is 4.79 Å². The minimum atomic E-state index is -0.00617. The third kappa shape index (κ3) is 2.84. The first-order valence-corrected chi connectivity index (χ1v) is 10.8. The average Bonchev–Trinajstić information content (AvgIpc) is 3.48. The molecule has 1 saturated heterocycles. The van der Waals surface area contributed by atoms with Crippen molar-refractivity contribution in [2.24, 2.45) is 7.05 Å². The van der Waals surface area contributed by atoms with Gasteiger partial charge < -0.3 is 9.80 Å². The Kier molecular flexibility index (Phi) is 4.23. The van der Waals surface area contributed by atoms with Crippen LogP contribution in [-0.2, 0) is 7.05 Å². The monoisotopic (exact) mass is 381 g/mol. The fourth-order valence-corrected chi connectivity index (χ4v) is 5.50. The first-order chi connectivity index (χ1) is 13.5. The van der Waals surface area contributed by atoms with E-state index in [9.17, 15) is 4.79 Å². The average molecular weight is 382 g/mol. The second kappa shape index (κ2) is 6.55. The van der Waals surface area contributed by atoms with Crippen LogP contribution in [0.5, 0.6) is 0 Å². The number of hydrogen-bond acceptors (Lipinski definition) is 4. The minimum Gasteiger partial charge on any atom is -0.330 e. The number of amides is 1. The predicted octanol–water partition coefficient (Wildman–Crippen LogP) is 3.24. The molecule has 1 spiro atoms. The number of aromatic nitrogens is 3. The van der Waals surface area contributed by atoms with E-state index in [0.29, 0.717) is 5.92 Å². The molecule has 0 aromatic carbocycles. The van der Waals surface area contributed by atoms with Gasteiger partial charge in [0, 0.05) is 38.3 Å². The van der Waals surface area contributed by atoms with Gasteiger partial charge >= 0.3 is 0 Å². The van der Waals surface area contributed by atoms with Gasteiger partial charge in [0.1, 0.15) is 0 Å². The van der Waals surface area contributed by atoms with Gasteiger partial charge in [0.05, 0.1) is 22.2 Å². The number of aryl methyl sites for hydroxylation is 2. The molecule has 150 valence electrons. The Morgan fingerprint density at radius 2 is 1.89 bits per heavy atom. The van der Waals surface area contributed by atoms with Crippen LogP contribution in [0, 0.1) is 6.92 Å². The van der Waals surface area contributed by atoms with E-state index in [1.54, 1.807) is 0 Å². The highest BCUT2D eigenvalue weighted by molar-refractivity contribution is 6.07. The smallest absolute Gasteiger partial charge is 0.255 e. The summed E-state index contributed by atoms with van der Waals surface area (Å²) in [4.78, 5) is 23.5. The molecule has 3 fully saturated rings. The van der Waals surface area contributed by atoms with Gasteiger partial charge in [-0.3, -0.25) is 9.48 Å². The maximum absolute atomic E-state index is 14.0. The van der Waals surface area contributed by atoms with E-state index in [-0.39, 0.29) is 11.4 Å². The highest BCUT2D eigenvalue weighted by Crippen LogP contribution is 2.42. The Hall–Kier alpha value is -1.95. The molecule has 2 saturated carbocycles. The van der Waals surface area contributed by atoms with E-state index in [1.165, 1.54) is 32.1 Å². The molecule has 6 heteroatoms. The normalized spacial score (nSPS) is 22.9. The van der Waals surface area contributed by atoms with Gasteiger partial charge in [-0.1, -0.05) is 19.3 Å². The van der Waals surface area contributed by atoms with Crippen molar-refractivity contribution in [3.05, 3.63) is 23.0 Å². The van der Waals surface area contributed by atoms with Gasteiger partial charge in [-0.25, -0.2) is 4.98 Å². The molecular weight excluding hydrogens is 350 g/mol. The van der Waals surface area contributed by atoms with Gasteiger partial charge in [0.2, 0.25) is 0 Å². The van der Waals surface area contributed by atoms with Gasteiger partial charge in [-0.15, -0.1) is 0 Å². The third-order valence-corrected chi connectivity index (χ3v) is 7.09. The Balaban J connectivity index is 1.61. The first-order valence-electron chi connectivity index (χ1n) is 10.8. The molecule has 3 aliphatic rings. The number of hydrogen-bond donors (Lipinski definition) is 0. The lowest BCUT2D eigenvalue weighted by atomic mass is 9.78. The summed E-state index contributed by atoms with van der Waals surface area (Å²) in [6.07, 6.45) is 8.35. The summed E-state index contributed by atoms with van der Waals surface area (Å²) in [7, 11) is 4.13. The Morgan fingerprint density at radius 3 is 2.61 bits per heavy atom. The Labute approximate surface area is 166 Å². The first kappa shape index (κ1) is 18.1. The molecule has 2 aromatic rings. The number of carbonyl (C=O) groups excluding carboxylic acids is 1. The van der Waals surface area contributed by atoms with Crippen LogP contribution in [0.4, 0.5) is 0 Å². The summed E-state index contributed by atoms with van der Waals surface area (Å²) in [5.41, 5.74) is 3.66. The van der Waals surface area contributed by atoms with Crippen molar-refractivity contribution in [3.8, 4) is 0 Å². The van der Waals surface area contributed by atoms with Crippen molar-refractivity contribution in [1.82, 2.24) is 24.6 Å². The van der Waals surface area contributed by atoms with Gasteiger partial charge in [0.15, 0.2) is 5.65 Å². The van der Waals surface area contributed by atoms with E-state index in [2.05, 4.69) is 28.0 Å². The minimum absolute atomic E-state index is 0.00617. The lowest BCUT2D eigenvalue weighted by Crippen LogP contribution is -2.63. The lowest BCUT2D eigenvalue weighted by molar-refractivity contribution is -0.00766. The number of fused-ring (bicyclic) bond motifs is 1. The number of pyridine rings is 1. The van der Waals surface area contributed by atoms with E-state index in [4.69, 9.17) is 4.98 Å². The van der Waals surface area contributed by atoms with Gasteiger partial charge in [-0.2, -0.15) is 5.10 Å². The third-order valence-electron chi connectivity index (χ3n) is 7.09. The van der Waals surface area contributed by atoms with Crippen molar-refractivity contribution in [1.29, 1.82) is 0 Å². The zero-order chi connectivity index (χ0) is 19.5. The zero-order valence-electron chi connectivity index (χ0n) is 17.4. The number of carbonyl (C=O) groups is 1. The molecule has 6 nitrogen and oxygen atoms in total. The number of rotatable bonds is 2. The summed E-state index contributed by atoms with van der Waals surface area (Å²) in [6.45, 7) is 4.76. The maximum Gasteiger partial charge on any atom is 0.255 e. The highest BCUT2D eigenvalue weighted by atomic mass is 16.2. The molecule has 0 radical (unpaired) electrons. The molecule has 0 unspecified atom stereocenters. The second-order valence-electron chi connectivity index (χ2n) is 9.26. The SMILES string of the molecule is Cc1nn(C)c2nc(C3CC3)cc(C(=O)N3CCN(C)CC34CCCCC4)c12. The summed E-state index contributed by atoms with van der Waals surface area (Å²) in [5, 5.41) is 5.54. The lowest BCUT2D eigenvalue weighted by Gasteiger charge is -2.52. The summed E-state index contributed by atoms with van der Waals surface area (Å²) >= 11 is 0. The van der Waals surface area contributed by atoms with Crippen LogP contribution >= 0.6 is 0 Å². The predicted molar refractivity (Wildman–Crippen MR) is 110 cm³/mol. The fraction of sp³-hybridized carbons (Fsp3) is 0.682. The molecular formula is C22H31N5O. The van der Waals surface area contributed by atoms with Crippen LogP contribution in [0.3, 0.4) is 0 Å². The molecule has 2 aromatic heterocycles. The number of piperazine rings is 1. The van der Waals surface area contributed by atoms with E-state index in [0.717, 1.165) is 60.5 Å². The van der Waals surface area contributed by atoms with Crippen LogP contribution in [0.15, 0.2) is 6.07 Å². The molecule has 1 aliphatic heterocycles. The van der Waals surface area contributed by atoms with Crippen LogP contribution < -0.4 is 0 Å². The Morgan fingerprint density at radius 1 is 1.14 bits per heavy atom. The zero-order valence-corrected chi connectivity index (χ0v) is 17.4. The van der Waals surface area contributed by atoms with E-state index >= 15 is 0 Å². The Bertz CT molecular complexity index is 923.